The monoisotopic (exact) mass is 370 g/mol. The molecule has 1 aromatic rings. The molecule has 0 saturated carbocycles. The third-order valence-corrected chi connectivity index (χ3v) is 4.29. The van der Waals surface area contributed by atoms with Crippen LogP contribution in [0, 0.1) is 0 Å². The zero-order chi connectivity index (χ0) is 17.7. The Morgan fingerprint density at radius 2 is 2.04 bits per heavy atom. The number of pyridine rings is 1. The minimum Gasteiger partial charge on any atom is -0.372 e. The molecule has 1 aliphatic heterocycles. The standard InChI is InChI=1S/C18H30N4O2.ClH/c1-5-8-18(4,19)17(23)21-10-15-6-7-16(20-9-15)22-11-13(2)24-14(3)12-22;/h6-7,9,13-14H,5,8,10-12,19H2,1-4H3,(H,21,23);1H. The Hall–Kier alpha value is -1.37. The summed E-state index contributed by atoms with van der Waals surface area (Å²) in [7, 11) is 0. The Labute approximate surface area is 156 Å². The summed E-state index contributed by atoms with van der Waals surface area (Å²) in [4.78, 5) is 18.9. The number of aromatic nitrogens is 1. The molecule has 0 aromatic carbocycles. The van der Waals surface area contributed by atoms with Crippen LogP contribution in [0.15, 0.2) is 18.3 Å². The van der Waals surface area contributed by atoms with E-state index in [0.717, 1.165) is 30.9 Å². The van der Waals surface area contributed by atoms with Gasteiger partial charge >= 0.3 is 0 Å². The van der Waals surface area contributed by atoms with Crippen LogP contribution in [0.5, 0.6) is 0 Å². The molecule has 0 radical (unpaired) electrons. The average Bonchev–Trinajstić information content (AvgIpc) is 2.52. The molecule has 1 aromatic heterocycles. The van der Waals surface area contributed by atoms with E-state index in [1.165, 1.54) is 0 Å². The first-order valence-electron chi connectivity index (χ1n) is 8.74. The minimum atomic E-state index is -0.817. The van der Waals surface area contributed by atoms with Gasteiger partial charge < -0.3 is 20.7 Å². The zero-order valence-corrected chi connectivity index (χ0v) is 16.4. The quantitative estimate of drug-likeness (QED) is 0.802. The molecule has 1 amide bonds. The topological polar surface area (TPSA) is 80.5 Å². The lowest BCUT2D eigenvalue weighted by Gasteiger charge is -2.36. The minimum absolute atomic E-state index is 0. The summed E-state index contributed by atoms with van der Waals surface area (Å²) in [6.07, 6.45) is 3.77. The van der Waals surface area contributed by atoms with Crippen molar-refractivity contribution in [1.29, 1.82) is 0 Å². The molecule has 2 rings (SSSR count). The van der Waals surface area contributed by atoms with Crippen molar-refractivity contribution >= 4 is 24.1 Å². The van der Waals surface area contributed by atoms with Crippen molar-refractivity contribution in [3.63, 3.8) is 0 Å². The molecule has 7 heteroatoms. The number of amides is 1. The summed E-state index contributed by atoms with van der Waals surface area (Å²) >= 11 is 0. The number of ether oxygens (including phenoxy) is 1. The summed E-state index contributed by atoms with van der Waals surface area (Å²) in [5.41, 5.74) is 6.19. The molecule has 1 fully saturated rings. The molecule has 2 heterocycles. The van der Waals surface area contributed by atoms with Gasteiger partial charge in [0.1, 0.15) is 5.82 Å². The van der Waals surface area contributed by atoms with Gasteiger partial charge in [-0.1, -0.05) is 19.4 Å². The number of nitrogens with zero attached hydrogens (tertiary/aromatic N) is 2. The fourth-order valence-corrected chi connectivity index (χ4v) is 3.09. The Morgan fingerprint density at radius 3 is 2.56 bits per heavy atom. The number of hydrogen-bond acceptors (Lipinski definition) is 5. The number of morpholine rings is 1. The fraction of sp³-hybridized carbons (Fsp3) is 0.667. The Morgan fingerprint density at radius 1 is 1.40 bits per heavy atom. The predicted molar refractivity (Wildman–Crippen MR) is 103 cm³/mol. The second-order valence-corrected chi connectivity index (χ2v) is 7.04. The molecule has 3 unspecified atom stereocenters. The van der Waals surface area contributed by atoms with Crippen molar-refractivity contribution in [2.75, 3.05) is 18.0 Å². The smallest absolute Gasteiger partial charge is 0.240 e. The van der Waals surface area contributed by atoms with E-state index in [1.54, 1.807) is 6.92 Å². The highest BCUT2D eigenvalue weighted by Crippen LogP contribution is 2.18. The van der Waals surface area contributed by atoms with Crippen molar-refractivity contribution in [2.24, 2.45) is 5.73 Å². The molecular formula is C18H31ClN4O2. The van der Waals surface area contributed by atoms with E-state index in [-0.39, 0.29) is 30.5 Å². The molecular weight excluding hydrogens is 340 g/mol. The van der Waals surface area contributed by atoms with Gasteiger partial charge in [-0.3, -0.25) is 4.79 Å². The van der Waals surface area contributed by atoms with Gasteiger partial charge in [0.15, 0.2) is 0 Å². The number of hydrogen-bond donors (Lipinski definition) is 2. The normalized spacial score (nSPS) is 22.7. The highest BCUT2D eigenvalue weighted by Gasteiger charge is 2.27. The molecule has 6 nitrogen and oxygen atoms in total. The average molecular weight is 371 g/mol. The van der Waals surface area contributed by atoms with E-state index in [4.69, 9.17) is 10.5 Å². The first kappa shape index (κ1) is 21.7. The number of nitrogens with one attached hydrogen (secondary N) is 1. The fourth-order valence-electron chi connectivity index (χ4n) is 3.09. The first-order valence-corrected chi connectivity index (χ1v) is 8.74. The van der Waals surface area contributed by atoms with Crippen LogP contribution >= 0.6 is 12.4 Å². The van der Waals surface area contributed by atoms with Crippen molar-refractivity contribution in [2.45, 2.75) is 64.8 Å². The molecule has 25 heavy (non-hydrogen) atoms. The summed E-state index contributed by atoms with van der Waals surface area (Å²) in [6.45, 7) is 10.1. The maximum atomic E-state index is 12.1. The van der Waals surface area contributed by atoms with E-state index < -0.39 is 5.54 Å². The van der Waals surface area contributed by atoms with Gasteiger partial charge in [0, 0.05) is 25.8 Å². The van der Waals surface area contributed by atoms with Crippen molar-refractivity contribution in [3.8, 4) is 0 Å². The lowest BCUT2D eigenvalue weighted by Crippen LogP contribution is -2.51. The van der Waals surface area contributed by atoms with Gasteiger partial charge in [0.25, 0.3) is 0 Å². The van der Waals surface area contributed by atoms with Gasteiger partial charge in [-0.25, -0.2) is 4.98 Å². The van der Waals surface area contributed by atoms with E-state index in [9.17, 15) is 4.79 Å². The Bertz CT molecular complexity index is 541. The van der Waals surface area contributed by atoms with Gasteiger partial charge in [-0.2, -0.15) is 0 Å². The van der Waals surface area contributed by atoms with Gasteiger partial charge in [-0.15, -0.1) is 12.4 Å². The number of carbonyl (C=O) groups excluding carboxylic acids is 1. The van der Waals surface area contributed by atoms with Crippen LogP contribution in [0.3, 0.4) is 0 Å². The van der Waals surface area contributed by atoms with Crippen LogP contribution < -0.4 is 16.0 Å². The first-order chi connectivity index (χ1) is 11.3. The SMILES string of the molecule is CCCC(C)(N)C(=O)NCc1ccc(N2CC(C)OC(C)C2)nc1.Cl. The molecule has 1 saturated heterocycles. The molecule has 3 atom stereocenters. The van der Waals surface area contributed by atoms with Crippen LogP contribution in [-0.4, -0.2) is 41.7 Å². The number of anilines is 1. The number of carbonyl (C=O) groups is 1. The number of nitrogens with two attached hydrogens (primary N) is 1. The zero-order valence-electron chi connectivity index (χ0n) is 15.6. The van der Waals surface area contributed by atoms with Gasteiger partial charge in [0.05, 0.1) is 17.7 Å². The van der Waals surface area contributed by atoms with Crippen LogP contribution in [-0.2, 0) is 16.1 Å². The van der Waals surface area contributed by atoms with Crippen molar-refractivity contribution in [1.82, 2.24) is 10.3 Å². The largest absolute Gasteiger partial charge is 0.372 e. The highest BCUT2D eigenvalue weighted by molar-refractivity contribution is 5.85. The Kier molecular flexibility index (Phi) is 8.12. The van der Waals surface area contributed by atoms with Crippen LogP contribution in [0.2, 0.25) is 0 Å². The van der Waals surface area contributed by atoms with Crippen LogP contribution in [0.25, 0.3) is 0 Å². The van der Waals surface area contributed by atoms with E-state index in [2.05, 4.69) is 29.0 Å². The summed E-state index contributed by atoms with van der Waals surface area (Å²) < 4.78 is 5.75. The third kappa shape index (κ3) is 6.13. The lowest BCUT2D eigenvalue weighted by atomic mass is 9.96. The molecule has 0 spiro atoms. The number of halogens is 1. The third-order valence-electron chi connectivity index (χ3n) is 4.29. The second-order valence-electron chi connectivity index (χ2n) is 7.04. The van der Waals surface area contributed by atoms with E-state index in [0.29, 0.717) is 13.0 Å². The van der Waals surface area contributed by atoms with Crippen LogP contribution in [0.1, 0.15) is 46.1 Å². The maximum absolute atomic E-state index is 12.1. The summed E-state index contributed by atoms with van der Waals surface area (Å²) in [5, 5.41) is 2.90. The Balaban J connectivity index is 0.00000312. The highest BCUT2D eigenvalue weighted by atomic mass is 35.5. The van der Waals surface area contributed by atoms with E-state index >= 15 is 0 Å². The van der Waals surface area contributed by atoms with E-state index in [1.807, 2.05) is 25.3 Å². The summed E-state index contributed by atoms with van der Waals surface area (Å²) in [5.74, 6) is 0.825. The lowest BCUT2D eigenvalue weighted by molar-refractivity contribution is -0.126. The molecule has 0 bridgehead atoms. The van der Waals surface area contributed by atoms with Crippen molar-refractivity contribution < 1.29 is 9.53 Å². The van der Waals surface area contributed by atoms with Gasteiger partial charge in [-0.05, 0) is 38.8 Å². The second kappa shape index (κ2) is 9.36. The number of rotatable bonds is 6. The summed E-state index contributed by atoms with van der Waals surface area (Å²) in [6, 6.07) is 4.00. The maximum Gasteiger partial charge on any atom is 0.240 e. The molecule has 0 aliphatic carbocycles. The van der Waals surface area contributed by atoms with Crippen molar-refractivity contribution in [3.05, 3.63) is 23.9 Å². The molecule has 1 aliphatic rings. The molecule has 142 valence electrons. The van der Waals surface area contributed by atoms with Crippen LogP contribution in [0.4, 0.5) is 5.82 Å². The van der Waals surface area contributed by atoms with Gasteiger partial charge in [0.2, 0.25) is 5.91 Å². The predicted octanol–water partition coefficient (Wildman–Crippen LogP) is 2.25. The molecule has 3 N–H and O–H groups in total.